The number of aromatic nitrogens is 1. The zero-order valence-electron chi connectivity index (χ0n) is 3.41. The van der Waals surface area contributed by atoms with Crippen LogP contribution < -0.4 is 0 Å². The van der Waals surface area contributed by atoms with Crippen molar-refractivity contribution in [3.05, 3.63) is 21.3 Å². The molecule has 38 valence electrons. The molecular formula is C4H3Br2N. The Morgan fingerprint density at radius 1 is 1.43 bits per heavy atom. The van der Waals surface area contributed by atoms with E-state index in [1.54, 1.807) is 0 Å². The minimum atomic E-state index is 0.993. The van der Waals surface area contributed by atoms with Crippen LogP contribution in [0.1, 0.15) is 0 Å². The molecule has 3 heteroatoms. The highest BCUT2D eigenvalue weighted by Crippen LogP contribution is 2.19. The predicted octanol–water partition coefficient (Wildman–Crippen LogP) is 2.54. The van der Waals surface area contributed by atoms with Gasteiger partial charge in [0.1, 0.15) is 0 Å². The first-order valence-electron chi connectivity index (χ1n) is 1.79. The van der Waals surface area contributed by atoms with E-state index in [9.17, 15) is 0 Å². The SMILES string of the molecule is Brc1cc[nH]c1Br. The van der Waals surface area contributed by atoms with Crippen molar-refractivity contribution in [1.29, 1.82) is 0 Å². The van der Waals surface area contributed by atoms with Crippen LogP contribution in [-0.4, -0.2) is 4.98 Å². The molecule has 1 N–H and O–H groups in total. The van der Waals surface area contributed by atoms with E-state index in [0.29, 0.717) is 0 Å². The van der Waals surface area contributed by atoms with E-state index in [1.165, 1.54) is 0 Å². The summed E-state index contributed by atoms with van der Waals surface area (Å²) < 4.78 is 2.06. The van der Waals surface area contributed by atoms with Crippen LogP contribution in [0.25, 0.3) is 0 Å². The van der Waals surface area contributed by atoms with Crippen LogP contribution in [-0.2, 0) is 0 Å². The number of hydrogen-bond donors (Lipinski definition) is 1. The van der Waals surface area contributed by atoms with Crippen molar-refractivity contribution < 1.29 is 0 Å². The fourth-order valence-corrected chi connectivity index (χ4v) is 0.841. The van der Waals surface area contributed by atoms with Crippen LogP contribution in [0.4, 0.5) is 0 Å². The summed E-state index contributed by atoms with van der Waals surface area (Å²) in [6.07, 6.45) is 1.86. The summed E-state index contributed by atoms with van der Waals surface area (Å²) in [5.74, 6) is 0. The third-order valence-corrected chi connectivity index (χ3v) is 2.50. The first-order valence-corrected chi connectivity index (χ1v) is 3.37. The topological polar surface area (TPSA) is 15.8 Å². The number of aromatic amines is 1. The van der Waals surface area contributed by atoms with Gasteiger partial charge in [-0.3, -0.25) is 0 Å². The summed E-state index contributed by atoms with van der Waals surface area (Å²) in [4.78, 5) is 2.94. The molecule has 0 fully saturated rings. The zero-order valence-corrected chi connectivity index (χ0v) is 6.58. The molecule has 0 spiro atoms. The predicted molar refractivity (Wildman–Crippen MR) is 36.2 cm³/mol. The lowest BCUT2D eigenvalue weighted by atomic mass is 10.7. The highest BCUT2D eigenvalue weighted by molar-refractivity contribution is 9.13. The molecule has 0 aliphatic carbocycles. The van der Waals surface area contributed by atoms with Crippen LogP contribution in [0.3, 0.4) is 0 Å². The summed E-state index contributed by atoms with van der Waals surface area (Å²) in [6.45, 7) is 0. The van der Waals surface area contributed by atoms with Crippen LogP contribution in [0.5, 0.6) is 0 Å². The second kappa shape index (κ2) is 2.01. The van der Waals surface area contributed by atoms with Gasteiger partial charge in [-0.2, -0.15) is 0 Å². The Bertz CT molecular complexity index is 142. The summed E-state index contributed by atoms with van der Waals surface area (Å²) in [5, 5.41) is 0. The molecule has 0 aliphatic heterocycles. The van der Waals surface area contributed by atoms with E-state index in [2.05, 4.69) is 36.8 Å². The molecule has 1 aromatic heterocycles. The first-order chi connectivity index (χ1) is 3.30. The van der Waals surface area contributed by atoms with Gasteiger partial charge in [0.25, 0.3) is 0 Å². The van der Waals surface area contributed by atoms with Gasteiger partial charge in [0.15, 0.2) is 0 Å². The Labute approximate surface area is 58.4 Å². The molecular weight excluding hydrogens is 222 g/mol. The summed E-state index contributed by atoms with van der Waals surface area (Å²) in [7, 11) is 0. The van der Waals surface area contributed by atoms with E-state index in [1.807, 2.05) is 12.3 Å². The van der Waals surface area contributed by atoms with Crippen molar-refractivity contribution in [1.82, 2.24) is 4.98 Å². The third-order valence-electron chi connectivity index (χ3n) is 0.649. The smallest absolute Gasteiger partial charge is 0.0964 e. The maximum absolute atomic E-state index is 3.29. The van der Waals surface area contributed by atoms with Crippen molar-refractivity contribution in [2.24, 2.45) is 0 Å². The maximum Gasteiger partial charge on any atom is 0.0964 e. The highest BCUT2D eigenvalue weighted by Gasteiger charge is 1.90. The Hall–Kier alpha value is 0.240. The minimum Gasteiger partial charge on any atom is -0.355 e. The Kier molecular flexibility index (Phi) is 1.54. The van der Waals surface area contributed by atoms with E-state index < -0.39 is 0 Å². The molecule has 0 amide bonds. The standard InChI is InChI=1S/C4H3Br2N/c5-3-1-2-7-4(3)6/h1-2,7H. The quantitative estimate of drug-likeness (QED) is 0.698. The second-order valence-corrected chi connectivity index (χ2v) is 2.79. The Balaban J connectivity index is 3.12. The summed E-state index contributed by atoms with van der Waals surface area (Å²) in [6, 6.07) is 1.93. The molecule has 1 nitrogen and oxygen atoms in total. The fourth-order valence-electron chi connectivity index (χ4n) is 0.330. The van der Waals surface area contributed by atoms with Gasteiger partial charge in [-0.25, -0.2) is 0 Å². The molecule has 7 heavy (non-hydrogen) atoms. The van der Waals surface area contributed by atoms with E-state index in [4.69, 9.17) is 0 Å². The average molecular weight is 225 g/mol. The van der Waals surface area contributed by atoms with Crippen LogP contribution in [0, 0.1) is 0 Å². The third kappa shape index (κ3) is 1.07. The molecule has 0 atom stereocenters. The van der Waals surface area contributed by atoms with E-state index in [0.717, 1.165) is 9.08 Å². The van der Waals surface area contributed by atoms with Gasteiger partial charge >= 0.3 is 0 Å². The van der Waals surface area contributed by atoms with Crippen molar-refractivity contribution in [2.75, 3.05) is 0 Å². The molecule has 0 bridgehead atoms. The second-order valence-electron chi connectivity index (χ2n) is 1.14. The number of nitrogens with one attached hydrogen (secondary N) is 1. The number of halogens is 2. The Morgan fingerprint density at radius 2 is 2.14 bits per heavy atom. The molecule has 1 heterocycles. The molecule has 0 aliphatic rings. The van der Waals surface area contributed by atoms with Crippen LogP contribution in [0.15, 0.2) is 21.3 Å². The molecule has 0 unspecified atom stereocenters. The lowest BCUT2D eigenvalue weighted by Crippen LogP contribution is -1.55. The van der Waals surface area contributed by atoms with E-state index >= 15 is 0 Å². The van der Waals surface area contributed by atoms with E-state index in [-0.39, 0.29) is 0 Å². The number of hydrogen-bond acceptors (Lipinski definition) is 0. The van der Waals surface area contributed by atoms with Crippen LogP contribution >= 0.6 is 31.9 Å². The normalized spacial score (nSPS) is 9.43. The van der Waals surface area contributed by atoms with Gasteiger partial charge in [0.05, 0.1) is 4.60 Å². The van der Waals surface area contributed by atoms with Crippen LogP contribution in [0.2, 0.25) is 0 Å². The lowest BCUT2D eigenvalue weighted by molar-refractivity contribution is 1.35. The first kappa shape index (κ1) is 5.38. The molecule has 0 saturated carbocycles. The van der Waals surface area contributed by atoms with Gasteiger partial charge in [-0.05, 0) is 37.9 Å². The monoisotopic (exact) mass is 223 g/mol. The number of H-pyrrole nitrogens is 1. The van der Waals surface area contributed by atoms with Gasteiger partial charge < -0.3 is 4.98 Å². The van der Waals surface area contributed by atoms with Gasteiger partial charge in [-0.1, -0.05) is 0 Å². The fraction of sp³-hybridized carbons (Fsp3) is 0. The molecule has 0 aromatic carbocycles. The van der Waals surface area contributed by atoms with Crippen molar-refractivity contribution in [3.8, 4) is 0 Å². The van der Waals surface area contributed by atoms with Crippen molar-refractivity contribution in [3.63, 3.8) is 0 Å². The molecule has 0 saturated heterocycles. The van der Waals surface area contributed by atoms with Gasteiger partial charge in [0.2, 0.25) is 0 Å². The van der Waals surface area contributed by atoms with Crippen molar-refractivity contribution >= 4 is 31.9 Å². The molecule has 1 aromatic rings. The van der Waals surface area contributed by atoms with Crippen molar-refractivity contribution in [2.45, 2.75) is 0 Å². The minimum absolute atomic E-state index is 0.993. The highest BCUT2D eigenvalue weighted by atomic mass is 79.9. The van der Waals surface area contributed by atoms with Gasteiger partial charge in [0, 0.05) is 10.7 Å². The lowest BCUT2D eigenvalue weighted by Gasteiger charge is -1.76. The Morgan fingerprint density at radius 3 is 2.29 bits per heavy atom. The average Bonchev–Trinajstić information content (AvgIpc) is 1.91. The zero-order chi connectivity index (χ0) is 5.28. The van der Waals surface area contributed by atoms with Gasteiger partial charge in [-0.15, -0.1) is 0 Å². The largest absolute Gasteiger partial charge is 0.355 e. The molecule has 0 radical (unpaired) electrons. The number of rotatable bonds is 0. The summed E-state index contributed by atoms with van der Waals surface area (Å²) >= 11 is 6.55. The maximum atomic E-state index is 3.29. The molecule has 1 rings (SSSR count). The summed E-state index contributed by atoms with van der Waals surface area (Å²) in [5.41, 5.74) is 0.